The first-order valence-corrected chi connectivity index (χ1v) is 10.2. The quantitative estimate of drug-likeness (QED) is 0.477. The average Bonchev–Trinajstić information content (AvgIpc) is 2.60. The molecular weight excluding hydrogens is 380 g/mol. The van der Waals surface area contributed by atoms with Gasteiger partial charge in [0.15, 0.2) is 0 Å². The van der Waals surface area contributed by atoms with Crippen LogP contribution in [0.2, 0.25) is 0 Å². The summed E-state index contributed by atoms with van der Waals surface area (Å²) < 4.78 is 0. The van der Waals surface area contributed by atoms with Gasteiger partial charge in [-0.15, -0.1) is 0 Å². The summed E-state index contributed by atoms with van der Waals surface area (Å²) in [6.07, 6.45) is 0. The summed E-state index contributed by atoms with van der Waals surface area (Å²) in [6.45, 7) is 10.3. The van der Waals surface area contributed by atoms with Crippen LogP contribution in [0.1, 0.15) is 20.8 Å². The van der Waals surface area contributed by atoms with E-state index in [9.17, 15) is 29.7 Å². The number of likely N-dealkylation sites (N-methyl/N-ethyl adjacent to an activating group) is 1. The summed E-state index contributed by atoms with van der Waals surface area (Å²) in [5.74, 6) is -2.64. The highest BCUT2D eigenvalue weighted by molar-refractivity contribution is 5.70. The van der Waals surface area contributed by atoms with Crippen molar-refractivity contribution >= 4 is 17.9 Å². The lowest BCUT2D eigenvalue weighted by molar-refractivity contribution is -0.141. The van der Waals surface area contributed by atoms with Gasteiger partial charge in [0, 0.05) is 51.9 Å². The Hall–Kier alpha value is -1.75. The molecule has 10 nitrogen and oxygen atoms in total. The summed E-state index contributed by atoms with van der Waals surface area (Å²) in [5, 5.41) is 27.9. The lowest BCUT2D eigenvalue weighted by Crippen LogP contribution is -2.54. The number of carbonyl (C=O) groups is 3. The predicted octanol–water partition coefficient (Wildman–Crippen LogP) is -0.494. The molecule has 1 heterocycles. The molecule has 3 N–H and O–H groups in total. The predicted molar refractivity (Wildman–Crippen MR) is 108 cm³/mol. The van der Waals surface area contributed by atoms with E-state index in [-0.39, 0.29) is 31.6 Å². The van der Waals surface area contributed by atoms with E-state index in [2.05, 4.69) is 4.90 Å². The molecular formula is C19H36N4O6. The van der Waals surface area contributed by atoms with Crippen molar-refractivity contribution in [3.05, 3.63) is 0 Å². The monoisotopic (exact) mass is 416 g/mol. The van der Waals surface area contributed by atoms with Crippen molar-refractivity contribution in [3.63, 3.8) is 0 Å². The number of rotatable bonds is 8. The smallest absolute Gasteiger partial charge is 0.317 e. The van der Waals surface area contributed by atoms with E-state index in [4.69, 9.17) is 0 Å². The van der Waals surface area contributed by atoms with Gasteiger partial charge in [0.1, 0.15) is 0 Å². The van der Waals surface area contributed by atoms with Gasteiger partial charge in [0.2, 0.25) is 0 Å². The fraction of sp³-hybridized carbons (Fsp3) is 0.842. The highest BCUT2D eigenvalue weighted by atomic mass is 16.4. The van der Waals surface area contributed by atoms with Crippen molar-refractivity contribution in [2.24, 2.45) is 5.92 Å². The zero-order valence-corrected chi connectivity index (χ0v) is 17.8. The Morgan fingerprint density at radius 2 is 1.21 bits per heavy atom. The van der Waals surface area contributed by atoms with Gasteiger partial charge in [0.25, 0.3) is 0 Å². The van der Waals surface area contributed by atoms with Crippen LogP contribution in [0.5, 0.6) is 0 Å². The van der Waals surface area contributed by atoms with Gasteiger partial charge < -0.3 is 20.2 Å². The summed E-state index contributed by atoms with van der Waals surface area (Å²) >= 11 is 0. The van der Waals surface area contributed by atoms with Crippen LogP contribution in [0.25, 0.3) is 0 Å². The van der Waals surface area contributed by atoms with Crippen LogP contribution in [0, 0.1) is 5.92 Å². The van der Waals surface area contributed by atoms with E-state index in [1.807, 2.05) is 35.5 Å². The molecule has 1 aliphatic heterocycles. The van der Waals surface area contributed by atoms with Crippen molar-refractivity contribution in [2.45, 2.75) is 26.8 Å². The third kappa shape index (κ3) is 10.0. The minimum absolute atomic E-state index is 0.0874. The van der Waals surface area contributed by atoms with Crippen LogP contribution < -0.4 is 0 Å². The average molecular weight is 417 g/mol. The Morgan fingerprint density at radius 3 is 1.69 bits per heavy atom. The molecule has 1 aliphatic rings. The molecule has 10 heteroatoms. The second kappa shape index (κ2) is 12.7. The van der Waals surface area contributed by atoms with Gasteiger partial charge in [-0.05, 0) is 12.5 Å². The molecule has 0 amide bonds. The van der Waals surface area contributed by atoms with Crippen LogP contribution >= 0.6 is 0 Å². The minimum Gasteiger partial charge on any atom is -0.480 e. The van der Waals surface area contributed by atoms with Gasteiger partial charge in [0.05, 0.1) is 19.6 Å². The van der Waals surface area contributed by atoms with Crippen LogP contribution in [-0.2, 0) is 14.4 Å². The maximum Gasteiger partial charge on any atom is 0.317 e. The molecule has 168 valence electrons. The number of aliphatic carboxylic acids is 3. The van der Waals surface area contributed by atoms with E-state index in [0.717, 1.165) is 6.54 Å². The topological polar surface area (TPSA) is 125 Å². The zero-order chi connectivity index (χ0) is 22.0. The van der Waals surface area contributed by atoms with Gasteiger partial charge >= 0.3 is 17.9 Å². The summed E-state index contributed by atoms with van der Waals surface area (Å²) in [7, 11) is 0. The summed E-state index contributed by atoms with van der Waals surface area (Å²) in [4.78, 5) is 41.8. The van der Waals surface area contributed by atoms with Gasteiger partial charge in [-0.25, -0.2) is 0 Å². The largest absolute Gasteiger partial charge is 0.480 e. The minimum atomic E-state index is -0.950. The molecule has 1 atom stereocenters. The van der Waals surface area contributed by atoms with E-state index in [1.165, 1.54) is 0 Å². The van der Waals surface area contributed by atoms with Crippen molar-refractivity contribution in [3.8, 4) is 0 Å². The Morgan fingerprint density at radius 1 is 0.759 bits per heavy atom. The molecule has 0 saturated carbocycles. The van der Waals surface area contributed by atoms with E-state index >= 15 is 0 Å². The number of carboxylic acid groups (broad SMARTS) is 3. The van der Waals surface area contributed by atoms with E-state index < -0.39 is 17.9 Å². The molecule has 1 fully saturated rings. The molecule has 0 aromatic carbocycles. The molecule has 0 bridgehead atoms. The molecule has 0 spiro atoms. The Bertz CT molecular complexity index is 545. The molecule has 0 aliphatic carbocycles. The third-order valence-corrected chi connectivity index (χ3v) is 5.36. The normalized spacial score (nSPS) is 22.1. The lowest BCUT2D eigenvalue weighted by Gasteiger charge is -2.39. The number of nitrogens with zero attached hydrogens (tertiary/aromatic N) is 4. The van der Waals surface area contributed by atoms with Gasteiger partial charge in [-0.3, -0.25) is 29.1 Å². The van der Waals surface area contributed by atoms with Crippen LogP contribution in [0.15, 0.2) is 0 Å². The van der Waals surface area contributed by atoms with Crippen molar-refractivity contribution in [1.29, 1.82) is 0 Å². The Balaban J connectivity index is 3.11. The van der Waals surface area contributed by atoms with E-state index in [1.54, 1.807) is 0 Å². The molecule has 1 saturated heterocycles. The first-order valence-electron chi connectivity index (χ1n) is 10.2. The highest BCUT2D eigenvalue weighted by Crippen LogP contribution is 2.14. The second-order valence-corrected chi connectivity index (χ2v) is 7.91. The molecule has 29 heavy (non-hydrogen) atoms. The molecule has 0 aromatic rings. The number of hydrogen-bond acceptors (Lipinski definition) is 7. The number of carboxylic acids is 3. The van der Waals surface area contributed by atoms with Gasteiger partial charge in [-0.2, -0.15) is 0 Å². The SMILES string of the molecule is CCN1CCN(CC(=O)O)CCN(CC(=O)O)C(C(C)C)CN(CC(=O)O)CC1. The molecule has 0 radical (unpaired) electrons. The van der Waals surface area contributed by atoms with Gasteiger partial charge in [-0.1, -0.05) is 20.8 Å². The van der Waals surface area contributed by atoms with E-state index in [0.29, 0.717) is 45.8 Å². The fourth-order valence-electron chi connectivity index (χ4n) is 3.70. The highest BCUT2D eigenvalue weighted by Gasteiger charge is 2.28. The lowest BCUT2D eigenvalue weighted by atomic mass is 10.0. The van der Waals surface area contributed by atoms with Crippen LogP contribution in [-0.4, -0.2) is 131 Å². The maximum atomic E-state index is 11.4. The first kappa shape index (κ1) is 25.3. The van der Waals surface area contributed by atoms with Crippen LogP contribution in [0.4, 0.5) is 0 Å². The summed E-state index contributed by atoms with van der Waals surface area (Å²) in [6, 6.07) is -0.147. The Kier molecular flexibility index (Phi) is 11.1. The van der Waals surface area contributed by atoms with Crippen LogP contribution in [0.3, 0.4) is 0 Å². The molecule has 1 rings (SSSR count). The standard InChI is InChI=1S/C19H36N4O6/c1-4-20-5-7-21(12-17(24)25)9-10-23(14-19(28)29)16(15(2)3)11-22(8-6-20)13-18(26)27/h15-16H,4-14H2,1-3H3,(H,24,25)(H,26,27)(H,28,29). The van der Waals surface area contributed by atoms with Crippen molar-refractivity contribution in [2.75, 3.05) is 72.0 Å². The summed E-state index contributed by atoms with van der Waals surface area (Å²) in [5.41, 5.74) is 0. The molecule has 0 aromatic heterocycles. The van der Waals surface area contributed by atoms with Crippen molar-refractivity contribution in [1.82, 2.24) is 19.6 Å². The maximum absolute atomic E-state index is 11.4. The fourth-order valence-corrected chi connectivity index (χ4v) is 3.70. The number of hydrogen-bond donors (Lipinski definition) is 3. The third-order valence-electron chi connectivity index (χ3n) is 5.36. The molecule has 1 unspecified atom stereocenters. The van der Waals surface area contributed by atoms with Crippen molar-refractivity contribution < 1.29 is 29.7 Å². The first-order chi connectivity index (χ1) is 13.6. The zero-order valence-electron chi connectivity index (χ0n) is 17.8. The Labute approximate surface area is 172 Å². The second-order valence-electron chi connectivity index (χ2n) is 7.91.